The Balaban J connectivity index is 3.10. The van der Waals surface area contributed by atoms with E-state index in [1.807, 2.05) is 0 Å². The molecular weight excluding hydrogens is 252 g/mol. The summed E-state index contributed by atoms with van der Waals surface area (Å²) in [5.74, 6) is -17.7. The fourth-order valence-corrected chi connectivity index (χ4v) is 0.968. The summed E-state index contributed by atoms with van der Waals surface area (Å²) in [6.07, 6.45) is -4.89. The highest BCUT2D eigenvalue weighted by Crippen LogP contribution is 2.56. The SMILES string of the molecule is CC1(C(F)(F)C(F)(F)C(F)(F)C(F)F)CO1. The standard InChI is InChI=1S/C7H6F8O/c1-4(2-16-4)6(12,13)7(14,15)5(10,11)3(8)9/h3H,2H2,1H3. The van der Waals surface area contributed by atoms with E-state index < -0.39 is 36.4 Å². The molecule has 0 aromatic heterocycles. The summed E-state index contributed by atoms with van der Waals surface area (Å²) in [6.45, 7) is -0.447. The summed E-state index contributed by atoms with van der Waals surface area (Å²) in [5, 5.41) is 0. The van der Waals surface area contributed by atoms with Crippen molar-refractivity contribution < 1.29 is 39.9 Å². The van der Waals surface area contributed by atoms with Crippen molar-refractivity contribution in [3.05, 3.63) is 0 Å². The highest BCUT2D eigenvalue weighted by Gasteiger charge is 2.83. The zero-order valence-electron chi connectivity index (χ0n) is 7.72. The van der Waals surface area contributed by atoms with Crippen LogP contribution in [-0.2, 0) is 4.74 Å². The van der Waals surface area contributed by atoms with Crippen LogP contribution in [0, 0.1) is 0 Å². The van der Waals surface area contributed by atoms with Crippen LogP contribution in [0.5, 0.6) is 0 Å². The molecule has 1 saturated heterocycles. The minimum Gasteiger partial charge on any atom is -0.363 e. The van der Waals surface area contributed by atoms with Crippen molar-refractivity contribution in [2.45, 2.75) is 36.7 Å². The molecule has 96 valence electrons. The first-order chi connectivity index (χ1) is 6.90. The first-order valence-corrected chi connectivity index (χ1v) is 3.96. The molecule has 0 N–H and O–H groups in total. The summed E-state index contributed by atoms with van der Waals surface area (Å²) >= 11 is 0. The van der Waals surface area contributed by atoms with Crippen LogP contribution in [0.1, 0.15) is 6.92 Å². The molecule has 16 heavy (non-hydrogen) atoms. The number of epoxide rings is 1. The number of ether oxygens (including phenoxy) is 1. The van der Waals surface area contributed by atoms with Gasteiger partial charge in [-0.3, -0.25) is 0 Å². The van der Waals surface area contributed by atoms with E-state index >= 15 is 0 Å². The summed E-state index contributed by atoms with van der Waals surface area (Å²) in [7, 11) is 0. The maximum atomic E-state index is 12.9. The van der Waals surface area contributed by atoms with E-state index in [0.717, 1.165) is 0 Å². The first kappa shape index (κ1) is 13.5. The van der Waals surface area contributed by atoms with Crippen LogP contribution in [0.3, 0.4) is 0 Å². The van der Waals surface area contributed by atoms with Gasteiger partial charge >= 0.3 is 24.2 Å². The molecule has 1 aliphatic heterocycles. The van der Waals surface area contributed by atoms with Gasteiger partial charge in [0.15, 0.2) is 5.60 Å². The number of halogens is 8. The first-order valence-electron chi connectivity index (χ1n) is 3.96. The Labute approximate surface area is 84.4 Å². The second-order valence-corrected chi connectivity index (χ2v) is 3.59. The lowest BCUT2D eigenvalue weighted by atomic mass is 9.94. The number of alkyl halides is 8. The predicted molar refractivity (Wildman–Crippen MR) is 35.2 cm³/mol. The molecular formula is C7H6F8O. The average Bonchev–Trinajstić information content (AvgIpc) is 2.84. The van der Waals surface area contributed by atoms with E-state index in [0.29, 0.717) is 6.92 Å². The van der Waals surface area contributed by atoms with Gasteiger partial charge in [-0.2, -0.15) is 26.3 Å². The normalized spacial score (nSPS) is 27.4. The molecule has 0 aromatic carbocycles. The smallest absolute Gasteiger partial charge is 0.363 e. The van der Waals surface area contributed by atoms with Crippen molar-refractivity contribution in [3.63, 3.8) is 0 Å². The monoisotopic (exact) mass is 258 g/mol. The van der Waals surface area contributed by atoms with Gasteiger partial charge in [0, 0.05) is 0 Å². The van der Waals surface area contributed by atoms with E-state index in [2.05, 4.69) is 4.74 Å². The highest BCUT2D eigenvalue weighted by atomic mass is 19.4. The molecule has 0 amide bonds. The lowest BCUT2D eigenvalue weighted by Crippen LogP contribution is -2.62. The molecule has 1 fully saturated rings. The van der Waals surface area contributed by atoms with Gasteiger partial charge in [-0.05, 0) is 6.92 Å². The van der Waals surface area contributed by atoms with E-state index in [9.17, 15) is 35.1 Å². The topological polar surface area (TPSA) is 12.5 Å². The van der Waals surface area contributed by atoms with Gasteiger partial charge in [0.25, 0.3) is 0 Å². The van der Waals surface area contributed by atoms with Crippen LogP contribution in [0.15, 0.2) is 0 Å². The summed E-state index contributed by atoms with van der Waals surface area (Å²) in [6, 6.07) is 0. The maximum absolute atomic E-state index is 12.9. The van der Waals surface area contributed by atoms with Crippen molar-refractivity contribution in [1.82, 2.24) is 0 Å². The lowest BCUT2D eigenvalue weighted by molar-refractivity contribution is -0.350. The van der Waals surface area contributed by atoms with E-state index in [1.165, 1.54) is 0 Å². The molecule has 0 radical (unpaired) electrons. The van der Waals surface area contributed by atoms with Crippen LogP contribution >= 0.6 is 0 Å². The summed E-state index contributed by atoms with van der Waals surface area (Å²) in [4.78, 5) is 0. The number of hydrogen-bond donors (Lipinski definition) is 0. The van der Waals surface area contributed by atoms with Crippen molar-refractivity contribution in [2.75, 3.05) is 6.61 Å². The molecule has 1 rings (SSSR count). The Morgan fingerprint density at radius 2 is 1.44 bits per heavy atom. The van der Waals surface area contributed by atoms with Crippen molar-refractivity contribution in [3.8, 4) is 0 Å². The van der Waals surface area contributed by atoms with Crippen molar-refractivity contribution in [1.29, 1.82) is 0 Å². The molecule has 1 heterocycles. The second kappa shape index (κ2) is 3.21. The third-order valence-electron chi connectivity index (χ3n) is 2.33. The van der Waals surface area contributed by atoms with Gasteiger partial charge in [-0.1, -0.05) is 0 Å². The third kappa shape index (κ3) is 1.47. The number of rotatable bonds is 4. The average molecular weight is 258 g/mol. The van der Waals surface area contributed by atoms with Crippen LogP contribution in [-0.4, -0.2) is 36.4 Å². The molecule has 0 saturated carbocycles. The Hall–Kier alpha value is -0.600. The predicted octanol–water partition coefficient (Wildman–Crippen LogP) is 2.95. The Kier molecular flexibility index (Phi) is 2.70. The minimum atomic E-state index is -6.18. The Morgan fingerprint density at radius 3 is 1.69 bits per heavy atom. The molecule has 1 unspecified atom stereocenters. The van der Waals surface area contributed by atoms with Gasteiger partial charge in [0.2, 0.25) is 0 Å². The van der Waals surface area contributed by atoms with E-state index in [1.54, 1.807) is 0 Å². The molecule has 1 nitrogen and oxygen atoms in total. The van der Waals surface area contributed by atoms with E-state index in [-0.39, 0.29) is 0 Å². The van der Waals surface area contributed by atoms with Crippen molar-refractivity contribution >= 4 is 0 Å². The molecule has 1 aliphatic rings. The van der Waals surface area contributed by atoms with Crippen LogP contribution in [0.25, 0.3) is 0 Å². The summed E-state index contributed by atoms with van der Waals surface area (Å²) in [5.41, 5.74) is -2.82. The fourth-order valence-electron chi connectivity index (χ4n) is 0.968. The molecule has 0 bridgehead atoms. The fraction of sp³-hybridized carbons (Fsp3) is 1.00. The molecule has 1 atom stereocenters. The third-order valence-corrected chi connectivity index (χ3v) is 2.33. The Morgan fingerprint density at radius 1 is 1.06 bits per heavy atom. The van der Waals surface area contributed by atoms with Gasteiger partial charge in [-0.25, -0.2) is 8.78 Å². The lowest BCUT2D eigenvalue weighted by Gasteiger charge is -2.34. The molecule has 0 aliphatic carbocycles. The van der Waals surface area contributed by atoms with Gasteiger partial charge < -0.3 is 4.74 Å². The van der Waals surface area contributed by atoms with Gasteiger partial charge in [0.1, 0.15) is 0 Å². The largest absolute Gasteiger partial charge is 0.380 e. The van der Waals surface area contributed by atoms with Crippen LogP contribution in [0.2, 0.25) is 0 Å². The molecule has 0 spiro atoms. The summed E-state index contributed by atoms with van der Waals surface area (Å²) < 4.78 is 103. The van der Waals surface area contributed by atoms with Gasteiger partial charge in [-0.15, -0.1) is 0 Å². The zero-order valence-corrected chi connectivity index (χ0v) is 7.72. The number of hydrogen-bond acceptors (Lipinski definition) is 1. The van der Waals surface area contributed by atoms with Crippen molar-refractivity contribution in [2.24, 2.45) is 0 Å². The molecule has 9 heteroatoms. The van der Waals surface area contributed by atoms with Crippen LogP contribution in [0.4, 0.5) is 35.1 Å². The zero-order chi connectivity index (χ0) is 13.0. The quantitative estimate of drug-likeness (QED) is 0.558. The van der Waals surface area contributed by atoms with Gasteiger partial charge in [0.05, 0.1) is 6.61 Å². The second-order valence-electron chi connectivity index (χ2n) is 3.59. The highest BCUT2D eigenvalue weighted by molar-refractivity contribution is 5.12. The van der Waals surface area contributed by atoms with E-state index in [4.69, 9.17) is 0 Å². The Bertz CT molecular complexity index is 282. The molecule has 0 aromatic rings. The minimum absolute atomic E-state index is 0.447. The van der Waals surface area contributed by atoms with Crippen LogP contribution < -0.4 is 0 Å². The maximum Gasteiger partial charge on any atom is 0.380 e.